The van der Waals surface area contributed by atoms with E-state index in [9.17, 15) is 0 Å². The molecule has 0 atom stereocenters. The molecule has 2 aromatic heterocycles. The van der Waals surface area contributed by atoms with Crippen LogP contribution < -0.4 is 10.9 Å². The van der Waals surface area contributed by atoms with Gasteiger partial charge in [0, 0.05) is 0 Å². The molecule has 0 spiro atoms. The van der Waals surface area contributed by atoms with E-state index in [0.29, 0.717) is 10.3 Å². The molecule has 0 aliphatic carbocycles. The van der Waals surface area contributed by atoms with Gasteiger partial charge in [0.1, 0.15) is 0 Å². The first kappa shape index (κ1) is 18.3. The number of hydrogen-bond acceptors (Lipinski definition) is 8. The predicted octanol–water partition coefficient (Wildman–Crippen LogP) is 7.13. The molecule has 0 saturated carbocycles. The Morgan fingerprint density at radius 2 is 1.10 bits per heavy atom. The second-order valence-electron chi connectivity index (χ2n) is 6.13. The van der Waals surface area contributed by atoms with E-state index in [0.717, 1.165) is 31.8 Å². The van der Waals surface area contributed by atoms with Gasteiger partial charge in [0.05, 0.1) is 31.8 Å². The summed E-state index contributed by atoms with van der Waals surface area (Å²) >= 11 is 2.98. The maximum atomic E-state index is 4.42. The molecular formula is C20H14N8S2. The Bertz CT molecular complexity index is 1200. The maximum Gasteiger partial charge on any atom is 0.232 e. The van der Waals surface area contributed by atoms with Crippen molar-refractivity contribution in [2.24, 2.45) is 20.7 Å². The summed E-state index contributed by atoms with van der Waals surface area (Å²) in [6.07, 6.45) is 0. The Morgan fingerprint density at radius 1 is 0.600 bits per heavy atom. The monoisotopic (exact) mass is 430 g/mol. The number of benzene rings is 3. The van der Waals surface area contributed by atoms with Crippen molar-refractivity contribution in [1.29, 1.82) is 0 Å². The van der Waals surface area contributed by atoms with Crippen molar-refractivity contribution >= 4 is 64.7 Å². The quantitative estimate of drug-likeness (QED) is 0.221. The number of thiazole rings is 2. The van der Waals surface area contributed by atoms with Crippen LogP contribution in [0, 0.1) is 0 Å². The van der Waals surface area contributed by atoms with Crippen molar-refractivity contribution in [2.45, 2.75) is 0 Å². The van der Waals surface area contributed by atoms with E-state index in [-0.39, 0.29) is 0 Å². The standard InChI is InChI=1S/C20H14N8S2/c1-3-10-17-15(8-1)21-19(29-17)25-27-23-13-6-5-7-14(12-13)24-28-26-20-22-16-9-2-4-11-18(16)30-20/h1-12H,(H,21,23,25)(H,22,24,26). The van der Waals surface area contributed by atoms with E-state index in [1.54, 1.807) is 0 Å². The lowest BCUT2D eigenvalue weighted by molar-refractivity contribution is 1.11. The van der Waals surface area contributed by atoms with Crippen LogP contribution in [0.1, 0.15) is 0 Å². The third-order valence-corrected chi connectivity index (χ3v) is 5.90. The first-order chi connectivity index (χ1) is 14.8. The van der Waals surface area contributed by atoms with Gasteiger partial charge in [-0.15, -0.1) is 10.2 Å². The Labute approximate surface area is 179 Å². The van der Waals surface area contributed by atoms with Gasteiger partial charge >= 0.3 is 0 Å². The second kappa shape index (κ2) is 8.31. The van der Waals surface area contributed by atoms with Crippen LogP contribution in [0.15, 0.2) is 93.5 Å². The van der Waals surface area contributed by atoms with Crippen LogP contribution >= 0.6 is 22.7 Å². The van der Waals surface area contributed by atoms with Crippen LogP contribution in [0.25, 0.3) is 20.4 Å². The first-order valence-electron chi connectivity index (χ1n) is 8.98. The average molecular weight is 431 g/mol. The molecule has 0 fully saturated rings. The highest BCUT2D eigenvalue weighted by Gasteiger charge is 2.02. The number of anilines is 2. The van der Waals surface area contributed by atoms with Gasteiger partial charge in [-0.1, -0.05) is 63.5 Å². The molecule has 0 unspecified atom stereocenters. The van der Waals surface area contributed by atoms with E-state index in [4.69, 9.17) is 0 Å². The van der Waals surface area contributed by atoms with Crippen LogP contribution in [0.4, 0.5) is 21.6 Å². The minimum Gasteiger partial charge on any atom is -0.260 e. The molecule has 2 N–H and O–H groups in total. The molecule has 0 radical (unpaired) electrons. The summed E-state index contributed by atoms with van der Waals surface area (Å²) in [5.74, 6) is 0. The van der Waals surface area contributed by atoms with E-state index in [1.807, 2.05) is 72.8 Å². The Morgan fingerprint density at radius 3 is 1.60 bits per heavy atom. The van der Waals surface area contributed by atoms with E-state index in [1.165, 1.54) is 22.7 Å². The highest BCUT2D eigenvalue weighted by molar-refractivity contribution is 7.22. The SMILES string of the molecule is c1cc(N/N=N/c2nc3ccccc3s2)cc(N/N=N/c2nc3ccccc3s2)c1. The highest BCUT2D eigenvalue weighted by atomic mass is 32.1. The van der Waals surface area contributed by atoms with E-state index in [2.05, 4.69) is 41.5 Å². The van der Waals surface area contributed by atoms with Crippen molar-refractivity contribution in [1.82, 2.24) is 9.97 Å². The van der Waals surface area contributed by atoms with Crippen molar-refractivity contribution in [3.63, 3.8) is 0 Å². The molecule has 2 heterocycles. The number of fused-ring (bicyclic) bond motifs is 2. The molecule has 5 aromatic rings. The zero-order valence-corrected chi connectivity index (χ0v) is 17.1. The third-order valence-electron chi connectivity index (χ3n) is 4.06. The van der Waals surface area contributed by atoms with Crippen LogP contribution in [-0.4, -0.2) is 9.97 Å². The summed E-state index contributed by atoms with van der Waals surface area (Å²) in [7, 11) is 0. The molecule has 10 heteroatoms. The molecule has 8 nitrogen and oxygen atoms in total. The molecule has 0 amide bonds. The fourth-order valence-corrected chi connectivity index (χ4v) is 4.29. The lowest BCUT2D eigenvalue weighted by Crippen LogP contribution is -1.90. The fraction of sp³-hybridized carbons (Fsp3) is 0. The van der Waals surface area contributed by atoms with Gasteiger partial charge in [0.15, 0.2) is 0 Å². The molecule has 0 aliphatic rings. The summed E-state index contributed by atoms with van der Waals surface area (Å²) in [6, 6.07) is 23.3. The van der Waals surface area contributed by atoms with Crippen molar-refractivity contribution in [3.8, 4) is 0 Å². The zero-order chi connectivity index (χ0) is 20.2. The molecular weight excluding hydrogens is 416 g/mol. The number of hydrogen-bond donors (Lipinski definition) is 2. The Balaban J connectivity index is 1.22. The van der Waals surface area contributed by atoms with Crippen LogP contribution in [0.3, 0.4) is 0 Å². The lowest BCUT2D eigenvalue weighted by atomic mass is 10.3. The van der Waals surface area contributed by atoms with Crippen molar-refractivity contribution in [3.05, 3.63) is 72.8 Å². The summed E-state index contributed by atoms with van der Waals surface area (Å²) in [4.78, 5) is 8.84. The van der Waals surface area contributed by atoms with Gasteiger partial charge in [-0.2, -0.15) is 0 Å². The molecule has 3 aromatic carbocycles. The minimum absolute atomic E-state index is 0.600. The van der Waals surface area contributed by atoms with Crippen molar-refractivity contribution < 1.29 is 0 Å². The smallest absolute Gasteiger partial charge is 0.232 e. The number of rotatable bonds is 6. The summed E-state index contributed by atoms with van der Waals surface area (Å²) < 4.78 is 2.16. The van der Waals surface area contributed by atoms with Gasteiger partial charge in [-0.05, 0) is 42.5 Å². The number of aromatic nitrogens is 2. The zero-order valence-electron chi connectivity index (χ0n) is 15.4. The molecule has 30 heavy (non-hydrogen) atoms. The van der Waals surface area contributed by atoms with Gasteiger partial charge in [0.2, 0.25) is 10.3 Å². The first-order valence-corrected chi connectivity index (χ1v) is 10.6. The third kappa shape index (κ3) is 4.14. The summed E-state index contributed by atoms with van der Waals surface area (Å²) in [5, 5.41) is 17.6. The van der Waals surface area contributed by atoms with Gasteiger partial charge in [0.25, 0.3) is 0 Å². The van der Waals surface area contributed by atoms with Crippen molar-refractivity contribution in [2.75, 3.05) is 10.9 Å². The van der Waals surface area contributed by atoms with Crippen LogP contribution in [0.2, 0.25) is 0 Å². The molecule has 0 saturated heterocycles. The number of para-hydroxylation sites is 2. The molecule has 0 aliphatic heterocycles. The largest absolute Gasteiger partial charge is 0.260 e. The van der Waals surface area contributed by atoms with E-state index >= 15 is 0 Å². The molecule has 0 bridgehead atoms. The van der Waals surface area contributed by atoms with Crippen LogP contribution in [0.5, 0.6) is 0 Å². The Hall–Kier alpha value is -3.76. The van der Waals surface area contributed by atoms with E-state index < -0.39 is 0 Å². The van der Waals surface area contributed by atoms with Gasteiger partial charge in [-0.25, -0.2) is 9.97 Å². The van der Waals surface area contributed by atoms with Crippen LogP contribution in [-0.2, 0) is 0 Å². The predicted molar refractivity (Wildman–Crippen MR) is 122 cm³/mol. The lowest BCUT2D eigenvalue weighted by Gasteiger charge is -2.02. The normalized spacial score (nSPS) is 11.7. The minimum atomic E-state index is 0.600. The topological polar surface area (TPSA) is 99.3 Å². The number of nitrogens with zero attached hydrogens (tertiary/aromatic N) is 6. The Kier molecular flexibility index (Phi) is 5.06. The van der Waals surface area contributed by atoms with Gasteiger partial charge in [-0.3, -0.25) is 10.9 Å². The average Bonchev–Trinajstić information content (AvgIpc) is 3.37. The molecule has 146 valence electrons. The number of nitrogens with one attached hydrogen (secondary N) is 2. The second-order valence-corrected chi connectivity index (χ2v) is 8.15. The summed E-state index contributed by atoms with van der Waals surface area (Å²) in [5.41, 5.74) is 9.18. The maximum absolute atomic E-state index is 4.42. The molecule has 5 rings (SSSR count). The summed E-state index contributed by atoms with van der Waals surface area (Å²) in [6.45, 7) is 0. The highest BCUT2D eigenvalue weighted by Crippen LogP contribution is 2.29. The van der Waals surface area contributed by atoms with Gasteiger partial charge < -0.3 is 0 Å². The fourth-order valence-electron chi connectivity index (χ4n) is 2.71.